The number of benzene rings is 1. The van der Waals surface area contributed by atoms with Crippen molar-refractivity contribution in [1.82, 2.24) is 10.6 Å². The Morgan fingerprint density at radius 2 is 2.05 bits per heavy atom. The molecule has 1 amide bonds. The topological polar surface area (TPSA) is 98.7 Å². The van der Waals surface area contributed by atoms with Crippen molar-refractivity contribution in [2.45, 2.75) is 25.3 Å². The van der Waals surface area contributed by atoms with Gasteiger partial charge in [0.25, 0.3) is 0 Å². The third-order valence-corrected chi connectivity index (χ3v) is 3.66. The quantitative estimate of drug-likeness (QED) is 0.633. The van der Waals surface area contributed by atoms with Crippen LogP contribution in [0.4, 0.5) is 0 Å². The van der Waals surface area contributed by atoms with E-state index in [1.54, 1.807) is 12.1 Å². The van der Waals surface area contributed by atoms with Gasteiger partial charge < -0.3 is 20.8 Å². The number of aromatic hydroxyl groups is 1. The number of rotatable bonds is 5. The minimum absolute atomic E-state index is 0.128. The molecule has 6 nitrogen and oxygen atoms in total. The SMILES string of the molecule is O=C(N[C@H](Cc1ccc(O)cc1)C(=O)O)[C@@H]1CCCNC1. The lowest BCUT2D eigenvalue weighted by Gasteiger charge is -2.24. The third-order valence-electron chi connectivity index (χ3n) is 3.66. The maximum atomic E-state index is 12.1. The van der Waals surface area contributed by atoms with E-state index in [0.717, 1.165) is 24.9 Å². The zero-order valence-corrected chi connectivity index (χ0v) is 11.7. The highest BCUT2D eigenvalue weighted by atomic mass is 16.4. The van der Waals surface area contributed by atoms with E-state index in [0.29, 0.717) is 6.54 Å². The van der Waals surface area contributed by atoms with Crippen LogP contribution in [0.15, 0.2) is 24.3 Å². The summed E-state index contributed by atoms with van der Waals surface area (Å²) in [5.74, 6) is -1.31. The zero-order chi connectivity index (χ0) is 15.2. The summed E-state index contributed by atoms with van der Waals surface area (Å²) in [6.45, 7) is 1.50. The van der Waals surface area contributed by atoms with Gasteiger partial charge in [-0.3, -0.25) is 4.79 Å². The van der Waals surface area contributed by atoms with Crippen molar-refractivity contribution in [1.29, 1.82) is 0 Å². The number of aliphatic carboxylic acids is 1. The van der Waals surface area contributed by atoms with Crippen LogP contribution in [-0.4, -0.2) is 41.2 Å². The van der Waals surface area contributed by atoms with Crippen LogP contribution < -0.4 is 10.6 Å². The molecule has 1 saturated heterocycles. The molecular formula is C15H20N2O4. The fourth-order valence-corrected chi connectivity index (χ4v) is 2.43. The van der Waals surface area contributed by atoms with E-state index >= 15 is 0 Å². The Morgan fingerprint density at radius 1 is 1.33 bits per heavy atom. The van der Waals surface area contributed by atoms with Gasteiger partial charge in [-0.2, -0.15) is 0 Å². The van der Waals surface area contributed by atoms with E-state index in [1.165, 1.54) is 12.1 Å². The van der Waals surface area contributed by atoms with Crippen molar-refractivity contribution in [2.75, 3.05) is 13.1 Å². The molecule has 114 valence electrons. The van der Waals surface area contributed by atoms with Crippen molar-refractivity contribution < 1.29 is 19.8 Å². The smallest absolute Gasteiger partial charge is 0.326 e. The fraction of sp³-hybridized carbons (Fsp3) is 0.467. The summed E-state index contributed by atoms with van der Waals surface area (Å²) in [5.41, 5.74) is 0.752. The lowest BCUT2D eigenvalue weighted by atomic mass is 9.97. The van der Waals surface area contributed by atoms with Crippen LogP contribution in [0.1, 0.15) is 18.4 Å². The number of nitrogens with one attached hydrogen (secondary N) is 2. The number of carboxylic acids is 1. The summed E-state index contributed by atoms with van der Waals surface area (Å²) in [5, 5.41) is 24.2. The first-order valence-electron chi connectivity index (χ1n) is 7.08. The predicted octanol–water partition coefficient (Wildman–Crippen LogP) is 0.504. The lowest BCUT2D eigenvalue weighted by Crippen LogP contribution is -2.48. The van der Waals surface area contributed by atoms with Crippen molar-refractivity contribution in [3.8, 4) is 5.75 Å². The van der Waals surface area contributed by atoms with E-state index in [1.807, 2.05) is 0 Å². The molecule has 2 atom stereocenters. The van der Waals surface area contributed by atoms with Crippen LogP contribution in [0.25, 0.3) is 0 Å². The molecule has 0 bridgehead atoms. The number of amides is 1. The van der Waals surface area contributed by atoms with Crippen LogP contribution in [0.3, 0.4) is 0 Å². The molecule has 2 rings (SSSR count). The molecule has 0 saturated carbocycles. The molecule has 0 aromatic heterocycles. The Morgan fingerprint density at radius 3 is 2.62 bits per heavy atom. The average Bonchev–Trinajstić information content (AvgIpc) is 2.49. The second-order valence-corrected chi connectivity index (χ2v) is 5.31. The molecule has 1 heterocycles. The van der Waals surface area contributed by atoms with Crippen LogP contribution in [0.2, 0.25) is 0 Å². The summed E-state index contributed by atoms with van der Waals surface area (Å²) in [7, 11) is 0. The number of carbonyl (C=O) groups excluding carboxylic acids is 1. The van der Waals surface area contributed by atoms with Gasteiger partial charge in [-0.05, 0) is 37.1 Å². The molecular weight excluding hydrogens is 272 g/mol. The van der Waals surface area contributed by atoms with Crippen LogP contribution in [0, 0.1) is 5.92 Å². The van der Waals surface area contributed by atoms with Gasteiger partial charge in [-0.15, -0.1) is 0 Å². The highest BCUT2D eigenvalue weighted by Crippen LogP contribution is 2.13. The Bertz CT molecular complexity index is 495. The van der Waals surface area contributed by atoms with Crippen LogP contribution in [0.5, 0.6) is 5.75 Å². The third kappa shape index (κ3) is 4.46. The van der Waals surface area contributed by atoms with Gasteiger partial charge >= 0.3 is 5.97 Å². The standard InChI is InChI=1S/C15H20N2O4/c18-12-5-3-10(4-6-12)8-13(15(20)21)17-14(19)11-2-1-7-16-9-11/h3-6,11,13,16,18H,1-2,7-9H2,(H,17,19)(H,20,21)/t11-,13-/m1/s1. The van der Waals surface area contributed by atoms with Gasteiger partial charge in [0.2, 0.25) is 5.91 Å². The van der Waals surface area contributed by atoms with Gasteiger partial charge in [0.15, 0.2) is 0 Å². The number of carbonyl (C=O) groups is 2. The normalized spacial score (nSPS) is 19.7. The molecule has 0 radical (unpaired) electrons. The Balaban J connectivity index is 1.96. The second kappa shape index (κ2) is 7.08. The first-order valence-corrected chi connectivity index (χ1v) is 7.08. The molecule has 0 spiro atoms. The second-order valence-electron chi connectivity index (χ2n) is 5.31. The van der Waals surface area contributed by atoms with E-state index in [-0.39, 0.29) is 24.0 Å². The zero-order valence-electron chi connectivity index (χ0n) is 11.7. The number of phenolic OH excluding ortho intramolecular Hbond substituents is 1. The largest absolute Gasteiger partial charge is 0.508 e. The van der Waals surface area contributed by atoms with E-state index in [2.05, 4.69) is 10.6 Å². The molecule has 6 heteroatoms. The molecule has 1 aromatic rings. The van der Waals surface area contributed by atoms with Gasteiger partial charge in [0.1, 0.15) is 11.8 Å². The first kappa shape index (κ1) is 15.3. The maximum absolute atomic E-state index is 12.1. The molecule has 1 aromatic carbocycles. The number of piperidine rings is 1. The van der Waals surface area contributed by atoms with Crippen molar-refractivity contribution in [3.05, 3.63) is 29.8 Å². The van der Waals surface area contributed by atoms with E-state index in [9.17, 15) is 19.8 Å². The van der Waals surface area contributed by atoms with Crippen molar-refractivity contribution in [3.63, 3.8) is 0 Å². The number of phenols is 1. The molecule has 1 aliphatic rings. The monoisotopic (exact) mass is 292 g/mol. The number of carboxylic acid groups (broad SMARTS) is 1. The highest BCUT2D eigenvalue weighted by Gasteiger charge is 2.26. The summed E-state index contributed by atoms with van der Waals surface area (Å²) in [6.07, 6.45) is 1.90. The van der Waals surface area contributed by atoms with Crippen LogP contribution in [-0.2, 0) is 16.0 Å². The van der Waals surface area contributed by atoms with Gasteiger partial charge in [0.05, 0.1) is 5.92 Å². The van der Waals surface area contributed by atoms with E-state index in [4.69, 9.17) is 0 Å². The van der Waals surface area contributed by atoms with Gasteiger partial charge in [-0.25, -0.2) is 4.79 Å². The summed E-state index contributed by atoms with van der Waals surface area (Å²) < 4.78 is 0. The summed E-state index contributed by atoms with van der Waals surface area (Å²) in [4.78, 5) is 23.4. The predicted molar refractivity (Wildman–Crippen MR) is 77.0 cm³/mol. The van der Waals surface area contributed by atoms with Crippen molar-refractivity contribution in [2.24, 2.45) is 5.92 Å². The number of hydrogen-bond donors (Lipinski definition) is 4. The minimum Gasteiger partial charge on any atom is -0.508 e. The molecule has 0 aliphatic carbocycles. The first-order chi connectivity index (χ1) is 10.1. The molecule has 4 N–H and O–H groups in total. The number of hydrogen-bond acceptors (Lipinski definition) is 4. The molecule has 0 unspecified atom stereocenters. The highest BCUT2D eigenvalue weighted by molar-refractivity contribution is 5.85. The average molecular weight is 292 g/mol. The molecule has 1 aliphatic heterocycles. The van der Waals surface area contributed by atoms with Gasteiger partial charge in [0, 0.05) is 13.0 Å². The molecule has 21 heavy (non-hydrogen) atoms. The fourth-order valence-electron chi connectivity index (χ4n) is 2.43. The Hall–Kier alpha value is -2.08. The molecule has 1 fully saturated rings. The summed E-state index contributed by atoms with van der Waals surface area (Å²) in [6, 6.07) is 5.35. The Kier molecular flexibility index (Phi) is 5.16. The maximum Gasteiger partial charge on any atom is 0.326 e. The van der Waals surface area contributed by atoms with Gasteiger partial charge in [-0.1, -0.05) is 12.1 Å². The van der Waals surface area contributed by atoms with Crippen molar-refractivity contribution >= 4 is 11.9 Å². The summed E-state index contributed by atoms with van der Waals surface area (Å²) >= 11 is 0. The Labute approximate surface area is 123 Å². The van der Waals surface area contributed by atoms with Crippen LogP contribution >= 0.6 is 0 Å². The van der Waals surface area contributed by atoms with E-state index < -0.39 is 12.0 Å². The minimum atomic E-state index is -1.06. The lowest BCUT2D eigenvalue weighted by molar-refractivity contribution is -0.142.